The van der Waals surface area contributed by atoms with E-state index in [4.69, 9.17) is 5.73 Å². The predicted octanol–water partition coefficient (Wildman–Crippen LogP) is 4.99. The smallest absolute Gasteiger partial charge is 0.336 e. The normalized spacial score (nSPS) is 10.7. The first-order valence-corrected chi connectivity index (χ1v) is 9.78. The van der Waals surface area contributed by atoms with Crippen LogP contribution in [0.3, 0.4) is 0 Å². The maximum Gasteiger partial charge on any atom is 0.336 e. The number of nitrogens with zero attached hydrogens (tertiary/aromatic N) is 2. The lowest BCUT2D eigenvalue weighted by molar-refractivity contribution is 0.0697. The molecule has 0 fully saturated rings. The number of aromatic nitrogens is 1. The summed E-state index contributed by atoms with van der Waals surface area (Å²) in [5.74, 6) is -0.972. The zero-order valence-electron chi connectivity index (χ0n) is 16.9. The number of anilines is 1. The van der Waals surface area contributed by atoms with Gasteiger partial charge in [0.25, 0.3) is 0 Å². The number of urea groups is 1. The lowest BCUT2D eigenvalue weighted by atomic mass is 9.98. The first kappa shape index (κ1) is 20.1. The van der Waals surface area contributed by atoms with E-state index in [1.807, 2.05) is 61.5 Å². The van der Waals surface area contributed by atoms with Gasteiger partial charge in [0.1, 0.15) is 0 Å². The number of rotatable bonds is 5. The van der Waals surface area contributed by atoms with Gasteiger partial charge in [-0.25, -0.2) is 9.59 Å². The van der Waals surface area contributed by atoms with E-state index < -0.39 is 12.0 Å². The summed E-state index contributed by atoms with van der Waals surface area (Å²) in [6, 6.07) is 23.2. The Balaban J connectivity index is 1.62. The second-order valence-corrected chi connectivity index (χ2v) is 7.30. The predicted molar refractivity (Wildman–Crippen MR) is 121 cm³/mol. The van der Waals surface area contributed by atoms with Crippen LogP contribution in [0.15, 0.2) is 78.9 Å². The van der Waals surface area contributed by atoms with E-state index in [-0.39, 0.29) is 5.56 Å². The highest BCUT2D eigenvalue weighted by Crippen LogP contribution is 2.26. The summed E-state index contributed by atoms with van der Waals surface area (Å²) in [5, 5.41) is 10.3. The molecule has 1 heterocycles. The van der Waals surface area contributed by atoms with E-state index in [1.165, 1.54) is 4.90 Å². The summed E-state index contributed by atoms with van der Waals surface area (Å²) in [7, 11) is 0. The van der Waals surface area contributed by atoms with Crippen LogP contribution < -0.4 is 10.6 Å². The quantitative estimate of drug-likeness (QED) is 0.483. The van der Waals surface area contributed by atoms with Crippen LogP contribution in [0.1, 0.15) is 21.6 Å². The van der Waals surface area contributed by atoms with Gasteiger partial charge in [0.15, 0.2) is 0 Å². The molecule has 0 aliphatic rings. The molecule has 31 heavy (non-hydrogen) atoms. The Hall–Kier alpha value is -4.19. The molecule has 0 saturated heterocycles. The average Bonchev–Trinajstić information content (AvgIpc) is 2.77. The topological polar surface area (TPSA) is 96.5 Å². The first-order valence-electron chi connectivity index (χ1n) is 9.78. The van der Waals surface area contributed by atoms with Crippen LogP contribution in [0.4, 0.5) is 10.5 Å². The number of nitrogens with two attached hydrogens (primary N) is 1. The molecule has 0 atom stereocenters. The van der Waals surface area contributed by atoms with Crippen molar-refractivity contribution in [1.82, 2.24) is 4.98 Å². The van der Waals surface area contributed by atoms with Crippen LogP contribution in [-0.4, -0.2) is 22.1 Å². The van der Waals surface area contributed by atoms with Crippen LogP contribution in [0.5, 0.6) is 0 Å². The Kier molecular flexibility index (Phi) is 5.37. The van der Waals surface area contributed by atoms with E-state index in [0.29, 0.717) is 17.8 Å². The fourth-order valence-corrected chi connectivity index (χ4v) is 3.57. The standard InChI is InChI=1S/C25H21N3O3/c1-16-6-9-19-14-20(12-13-23(19)27-16)28(25(26)31)15-17-7-10-18(11-8-17)21-4-2-3-5-22(21)24(29)30/h2-14H,15H2,1H3,(H2,26,31)(H,29,30). The first-order chi connectivity index (χ1) is 14.9. The van der Waals surface area contributed by atoms with E-state index in [0.717, 1.165) is 27.7 Å². The minimum atomic E-state index is -0.972. The minimum Gasteiger partial charge on any atom is -0.478 e. The summed E-state index contributed by atoms with van der Waals surface area (Å²) in [5.41, 5.74) is 10.7. The average molecular weight is 411 g/mol. The summed E-state index contributed by atoms with van der Waals surface area (Å²) in [4.78, 5) is 29.6. The van der Waals surface area contributed by atoms with Crippen molar-refractivity contribution < 1.29 is 14.7 Å². The van der Waals surface area contributed by atoms with Crippen molar-refractivity contribution >= 4 is 28.6 Å². The zero-order chi connectivity index (χ0) is 22.0. The van der Waals surface area contributed by atoms with Gasteiger partial charge in [0.05, 0.1) is 17.6 Å². The van der Waals surface area contributed by atoms with Gasteiger partial charge in [0.2, 0.25) is 0 Å². The van der Waals surface area contributed by atoms with Gasteiger partial charge in [-0.15, -0.1) is 0 Å². The number of primary amides is 1. The number of aryl methyl sites for hydroxylation is 1. The van der Waals surface area contributed by atoms with Crippen molar-refractivity contribution in [2.75, 3.05) is 4.90 Å². The number of amides is 2. The van der Waals surface area contributed by atoms with Crippen molar-refractivity contribution in [3.05, 3.63) is 95.7 Å². The molecule has 2 amide bonds. The Bertz CT molecular complexity index is 1280. The summed E-state index contributed by atoms with van der Waals surface area (Å²) in [6.07, 6.45) is 0. The van der Waals surface area contributed by atoms with E-state index >= 15 is 0 Å². The number of carboxylic acids is 1. The Morgan fingerprint density at radius 1 is 0.968 bits per heavy atom. The van der Waals surface area contributed by atoms with Gasteiger partial charge >= 0.3 is 12.0 Å². The van der Waals surface area contributed by atoms with Gasteiger partial charge in [0, 0.05) is 16.8 Å². The molecule has 0 radical (unpaired) electrons. The molecule has 6 heteroatoms. The van der Waals surface area contributed by atoms with Crippen molar-refractivity contribution in [3.8, 4) is 11.1 Å². The number of carboxylic acid groups (broad SMARTS) is 1. The summed E-state index contributed by atoms with van der Waals surface area (Å²) in [6.45, 7) is 2.22. The zero-order valence-corrected chi connectivity index (χ0v) is 16.9. The van der Waals surface area contributed by atoms with Crippen LogP contribution in [-0.2, 0) is 6.54 Å². The van der Waals surface area contributed by atoms with Crippen LogP contribution in [0.25, 0.3) is 22.0 Å². The summed E-state index contributed by atoms with van der Waals surface area (Å²) < 4.78 is 0. The number of aromatic carboxylic acids is 1. The lowest BCUT2D eigenvalue weighted by Gasteiger charge is -2.21. The number of carbonyl (C=O) groups excluding carboxylic acids is 1. The van der Waals surface area contributed by atoms with Crippen LogP contribution in [0.2, 0.25) is 0 Å². The second kappa shape index (κ2) is 8.28. The molecule has 0 unspecified atom stereocenters. The largest absolute Gasteiger partial charge is 0.478 e. The second-order valence-electron chi connectivity index (χ2n) is 7.30. The molecule has 4 aromatic rings. The van der Waals surface area contributed by atoms with Gasteiger partial charge in [-0.1, -0.05) is 48.5 Å². The Morgan fingerprint density at radius 2 is 1.71 bits per heavy atom. The molecule has 0 aliphatic carbocycles. The Morgan fingerprint density at radius 3 is 2.42 bits per heavy atom. The molecule has 4 rings (SSSR count). The molecule has 154 valence electrons. The number of fused-ring (bicyclic) bond motifs is 1. The molecule has 0 aliphatic heterocycles. The minimum absolute atomic E-state index is 0.244. The van der Waals surface area contributed by atoms with Gasteiger partial charge in [-0.2, -0.15) is 0 Å². The highest BCUT2D eigenvalue weighted by molar-refractivity contribution is 5.96. The SMILES string of the molecule is Cc1ccc2cc(N(Cc3ccc(-c4ccccc4C(=O)O)cc3)C(N)=O)ccc2n1. The fourth-order valence-electron chi connectivity index (χ4n) is 3.57. The molecular weight excluding hydrogens is 390 g/mol. The number of benzene rings is 3. The highest BCUT2D eigenvalue weighted by atomic mass is 16.4. The van der Waals surface area contributed by atoms with Crippen molar-refractivity contribution in [1.29, 1.82) is 0 Å². The van der Waals surface area contributed by atoms with E-state index in [9.17, 15) is 14.7 Å². The number of hydrogen-bond donors (Lipinski definition) is 2. The third-order valence-corrected chi connectivity index (χ3v) is 5.15. The molecule has 0 saturated carbocycles. The maximum atomic E-state index is 12.2. The van der Waals surface area contributed by atoms with E-state index in [2.05, 4.69) is 4.98 Å². The van der Waals surface area contributed by atoms with Gasteiger partial charge in [-0.3, -0.25) is 9.88 Å². The van der Waals surface area contributed by atoms with Crippen molar-refractivity contribution in [3.63, 3.8) is 0 Å². The molecule has 6 nitrogen and oxygen atoms in total. The summed E-state index contributed by atoms with van der Waals surface area (Å²) >= 11 is 0. The monoisotopic (exact) mass is 411 g/mol. The molecule has 1 aromatic heterocycles. The van der Waals surface area contributed by atoms with E-state index in [1.54, 1.807) is 24.3 Å². The molecule has 0 bridgehead atoms. The molecule has 3 aromatic carbocycles. The third kappa shape index (κ3) is 4.23. The molecule has 0 spiro atoms. The van der Waals surface area contributed by atoms with Crippen molar-refractivity contribution in [2.24, 2.45) is 5.73 Å². The molecule has 3 N–H and O–H groups in total. The Labute approximate surface area is 179 Å². The fraction of sp³-hybridized carbons (Fsp3) is 0.0800. The van der Waals surface area contributed by atoms with Gasteiger partial charge in [-0.05, 0) is 53.9 Å². The highest BCUT2D eigenvalue weighted by Gasteiger charge is 2.15. The maximum absolute atomic E-state index is 12.2. The van der Waals surface area contributed by atoms with Crippen LogP contribution in [0, 0.1) is 6.92 Å². The van der Waals surface area contributed by atoms with Crippen LogP contribution >= 0.6 is 0 Å². The van der Waals surface area contributed by atoms with Crippen molar-refractivity contribution in [2.45, 2.75) is 13.5 Å². The third-order valence-electron chi connectivity index (χ3n) is 5.15. The number of pyridine rings is 1. The lowest BCUT2D eigenvalue weighted by Crippen LogP contribution is -2.35. The number of carbonyl (C=O) groups is 2. The molecular formula is C25H21N3O3. The van der Waals surface area contributed by atoms with Gasteiger partial charge < -0.3 is 10.8 Å². The number of hydrogen-bond acceptors (Lipinski definition) is 3.